The molecule has 6 nitrogen and oxygen atoms in total. The van der Waals surface area contributed by atoms with Gasteiger partial charge in [-0.15, -0.1) is 0 Å². The first-order chi connectivity index (χ1) is 12.5. The second-order valence-electron chi connectivity index (χ2n) is 5.19. The van der Waals surface area contributed by atoms with Gasteiger partial charge in [-0.2, -0.15) is 5.26 Å². The highest BCUT2D eigenvalue weighted by Crippen LogP contribution is 2.18. The first-order valence-electron chi connectivity index (χ1n) is 7.74. The molecule has 0 spiro atoms. The molecule has 7 heteroatoms. The summed E-state index contributed by atoms with van der Waals surface area (Å²) in [6.07, 6.45) is 0. The van der Waals surface area contributed by atoms with Crippen molar-refractivity contribution >= 4 is 34.9 Å². The van der Waals surface area contributed by atoms with E-state index >= 15 is 0 Å². The quantitative estimate of drug-likeness (QED) is 0.477. The molecule has 0 aliphatic rings. The van der Waals surface area contributed by atoms with E-state index in [2.05, 4.69) is 5.32 Å². The Morgan fingerprint density at radius 3 is 2.38 bits per heavy atom. The van der Waals surface area contributed by atoms with Crippen LogP contribution < -0.4 is 5.32 Å². The number of nitriles is 1. The van der Waals surface area contributed by atoms with Gasteiger partial charge in [-0.05, 0) is 43.3 Å². The van der Waals surface area contributed by atoms with Gasteiger partial charge in [0.15, 0.2) is 5.78 Å². The summed E-state index contributed by atoms with van der Waals surface area (Å²) in [6.45, 7) is 1.67. The van der Waals surface area contributed by atoms with E-state index in [0.29, 0.717) is 16.3 Å². The summed E-state index contributed by atoms with van der Waals surface area (Å²) in [5.41, 5.74) is 0.928. The number of hydrogen-bond donors (Lipinski definition) is 1. The zero-order valence-electron chi connectivity index (χ0n) is 13.9. The van der Waals surface area contributed by atoms with Crippen molar-refractivity contribution < 1.29 is 19.1 Å². The van der Waals surface area contributed by atoms with Crippen LogP contribution in [0.15, 0.2) is 48.5 Å². The smallest absolute Gasteiger partial charge is 0.331 e. The van der Waals surface area contributed by atoms with Crippen LogP contribution in [0.4, 0.5) is 5.69 Å². The second kappa shape index (κ2) is 8.79. The van der Waals surface area contributed by atoms with Gasteiger partial charge >= 0.3 is 5.97 Å². The van der Waals surface area contributed by atoms with E-state index in [1.165, 1.54) is 24.3 Å². The van der Waals surface area contributed by atoms with E-state index in [1.54, 1.807) is 37.3 Å². The van der Waals surface area contributed by atoms with Crippen molar-refractivity contribution in [3.05, 3.63) is 64.7 Å². The van der Waals surface area contributed by atoms with Crippen molar-refractivity contribution in [3.63, 3.8) is 0 Å². The largest absolute Gasteiger partial charge is 0.465 e. The Morgan fingerprint density at radius 1 is 1.15 bits per heavy atom. The topological polar surface area (TPSA) is 96.3 Å². The molecular weight excluding hydrogens is 356 g/mol. The summed E-state index contributed by atoms with van der Waals surface area (Å²) < 4.78 is 4.72. The number of benzene rings is 2. The Bertz CT molecular complexity index is 872. The number of hydrogen-bond acceptors (Lipinski definition) is 5. The van der Waals surface area contributed by atoms with Crippen molar-refractivity contribution in [2.24, 2.45) is 5.92 Å². The molecule has 2 rings (SSSR count). The summed E-state index contributed by atoms with van der Waals surface area (Å²) in [5.74, 6) is -3.44. The minimum Gasteiger partial charge on any atom is -0.465 e. The number of halogens is 1. The van der Waals surface area contributed by atoms with E-state index < -0.39 is 23.6 Å². The van der Waals surface area contributed by atoms with Crippen LogP contribution in [0.5, 0.6) is 0 Å². The van der Waals surface area contributed by atoms with Gasteiger partial charge in [0.05, 0.1) is 23.3 Å². The Morgan fingerprint density at radius 2 is 1.81 bits per heavy atom. The molecule has 0 aromatic heterocycles. The van der Waals surface area contributed by atoms with Gasteiger partial charge in [-0.3, -0.25) is 14.4 Å². The van der Waals surface area contributed by atoms with Crippen molar-refractivity contribution in [2.75, 3.05) is 11.9 Å². The predicted molar refractivity (Wildman–Crippen MR) is 95.9 cm³/mol. The Hall–Kier alpha value is -3.17. The van der Waals surface area contributed by atoms with Crippen LogP contribution in [-0.4, -0.2) is 24.3 Å². The molecule has 1 N–H and O–H groups in total. The van der Waals surface area contributed by atoms with Crippen LogP contribution in [0, 0.1) is 17.2 Å². The number of amides is 1. The standard InChI is InChI=1S/C19H15ClN2O4/c1-2-26-19(25)15(11-21)17(23)12-7-9-13(10-8-12)22-18(24)14-5-3-4-6-16(14)20/h3-10,15H,2H2,1H3,(H,22,24)/t15-/m0/s1. The van der Waals surface area contributed by atoms with Crippen molar-refractivity contribution in [3.8, 4) is 6.07 Å². The molecule has 2 aromatic carbocycles. The molecule has 0 fully saturated rings. The minimum atomic E-state index is -1.52. The number of anilines is 1. The van der Waals surface area contributed by atoms with Crippen molar-refractivity contribution in [1.29, 1.82) is 5.26 Å². The van der Waals surface area contributed by atoms with Crippen LogP contribution in [0.1, 0.15) is 27.6 Å². The molecule has 0 aliphatic carbocycles. The van der Waals surface area contributed by atoms with E-state index in [9.17, 15) is 14.4 Å². The molecule has 0 heterocycles. The average molecular weight is 371 g/mol. The molecule has 0 saturated heterocycles. The monoisotopic (exact) mass is 370 g/mol. The molecule has 26 heavy (non-hydrogen) atoms. The number of ketones is 1. The van der Waals surface area contributed by atoms with Gasteiger partial charge in [0.2, 0.25) is 5.92 Å². The fraction of sp³-hybridized carbons (Fsp3) is 0.158. The zero-order chi connectivity index (χ0) is 19.1. The Labute approximate surface area is 155 Å². The summed E-state index contributed by atoms with van der Waals surface area (Å²) in [7, 11) is 0. The number of rotatable bonds is 6. The Kier molecular flexibility index (Phi) is 6.48. The molecule has 1 amide bonds. The molecular formula is C19H15ClN2O4. The zero-order valence-corrected chi connectivity index (χ0v) is 14.6. The Balaban J connectivity index is 2.12. The van der Waals surface area contributed by atoms with E-state index in [1.807, 2.05) is 0 Å². The van der Waals surface area contributed by atoms with Gasteiger partial charge in [0.1, 0.15) is 0 Å². The summed E-state index contributed by atoms with van der Waals surface area (Å²) in [4.78, 5) is 36.1. The fourth-order valence-electron chi connectivity index (χ4n) is 2.17. The van der Waals surface area contributed by atoms with Crippen molar-refractivity contribution in [1.82, 2.24) is 0 Å². The van der Waals surface area contributed by atoms with Crippen LogP contribution >= 0.6 is 11.6 Å². The third-order valence-electron chi connectivity index (χ3n) is 3.46. The number of nitrogens with one attached hydrogen (secondary N) is 1. The normalized spacial score (nSPS) is 11.1. The lowest BCUT2D eigenvalue weighted by atomic mass is 9.99. The molecule has 0 radical (unpaired) electrons. The molecule has 0 saturated carbocycles. The van der Waals surface area contributed by atoms with Crippen LogP contribution in [-0.2, 0) is 9.53 Å². The van der Waals surface area contributed by atoms with Gasteiger partial charge in [0, 0.05) is 11.3 Å². The number of nitrogens with zero attached hydrogens (tertiary/aromatic N) is 1. The van der Waals surface area contributed by atoms with Gasteiger partial charge in [-0.25, -0.2) is 0 Å². The first-order valence-corrected chi connectivity index (χ1v) is 8.12. The SMILES string of the molecule is CCOC(=O)[C@@H](C#N)C(=O)c1ccc(NC(=O)c2ccccc2Cl)cc1. The maximum absolute atomic E-state index is 12.3. The van der Waals surface area contributed by atoms with Crippen molar-refractivity contribution in [2.45, 2.75) is 6.92 Å². The lowest BCUT2D eigenvalue weighted by Gasteiger charge is -2.09. The number of esters is 1. The van der Waals surface area contributed by atoms with E-state index in [0.717, 1.165) is 0 Å². The highest BCUT2D eigenvalue weighted by atomic mass is 35.5. The molecule has 132 valence electrons. The molecule has 2 aromatic rings. The third kappa shape index (κ3) is 4.47. The maximum atomic E-state index is 12.3. The van der Waals surface area contributed by atoms with E-state index in [4.69, 9.17) is 21.6 Å². The summed E-state index contributed by atoms with van der Waals surface area (Å²) in [6, 6.07) is 14.1. The molecule has 0 unspecified atom stereocenters. The van der Waals surface area contributed by atoms with Gasteiger partial charge < -0.3 is 10.1 Å². The minimum absolute atomic E-state index is 0.0807. The number of carbonyl (C=O) groups excluding carboxylic acids is 3. The average Bonchev–Trinajstić information content (AvgIpc) is 2.63. The summed E-state index contributed by atoms with van der Waals surface area (Å²) >= 11 is 5.98. The molecule has 0 bridgehead atoms. The van der Waals surface area contributed by atoms with Crippen LogP contribution in [0.25, 0.3) is 0 Å². The lowest BCUT2D eigenvalue weighted by Crippen LogP contribution is -2.25. The summed E-state index contributed by atoms with van der Waals surface area (Å²) in [5, 5.41) is 12.0. The van der Waals surface area contributed by atoms with Crippen LogP contribution in [0.3, 0.4) is 0 Å². The highest BCUT2D eigenvalue weighted by molar-refractivity contribution is 6.34. The predicted octanol–water partition coefficient (Wildman–Crippen LogP) is 3.48. The number of Topliss-reactive ketones (excluding diaryl/α,β-unsaturated/α-hetero) is 1. The molecule has 1 atom stereocenters. The molecule has 0 aliphatic heterocycles. The van der Waals surface area contributed by atoms with Crippen LogP contribution in [0.2, 0.25) is 5.02 Å². The fourth-order valence-corrected chi connectivity index (χ4v) is 2.39. The lowest BCUT2D eigenvalue weighted by molar-refractivity contribution is -0.144. The first kappa shape index (κ1) is 19.2. The van der Waals surface area contributed by atoms with Gasteiger partial charge in [0.25, 0.3) is 5.91 Å². The van der Waals surface area contributed by atoms with E-state index in [-0.39, 0.29) is 12.2 Å². The maximum Gasteiger partial charge on any atom is 0.331 e. The van der Waals surface area contributed by atoms with Gasteiger partial charge in [-0.1, -0.05) is 23.7 Å². The number of ether oxygens (including phenoxy) is 1. The third-order valence-corrected chi connectivity index (χ3v) is 3.79. The second-order valence-corrected chi connectivity index (χ2v) is 5.60. The number of carbonyl (C=O) groups is 3. The highest BCUT2D eigenvalue weighted by Gasteiger charge is 2.28.